The molecule has 25 heavy (non-hydrogen) atoms. The quantitative estimate of drug-likeness (QED) is 0.338. The van der Waals surface area contributed by atoms with Gasteiger partial charge in [0, 0.05) is 41.5 Å². The van der Waals surface area contributed by atoms with Gasteiger partial charge in [-0.3, -0.25) is 4.98 Å². The summed E-state index contributed by atoms with van der Waals surface area (Å²) in [6, 6.07) is 10.0. The summed E-state index contributed by atoms with van der Waals surface area (Å²) in [6.45, 7) is 5.34. The summed E-state index contributed by atoms with van der Waals surface area (Å²) in [5.74, 6) is 0. The number of aliphatic imine (C=N–C) groups is 2. The minimum absolute atomic E-state index is 0.0937. The molecule has 0 amide bonds. The van der Waals surface area contributed by atoms with E-state index in [9.17, 15) is 0 Å². The molecule has 0 unspecified atom stereocenters. The first-order chi connectivity index (χ1) is 12.1. The Labute approximate surface area is 156 Å². The van der Waals surface area contributed by atoms with Gasteiger partial charge in [-0.1, -0.05) is 35.9 Å². The summed E-state index contributed by atoms with van der Waals surface area (Å²) < 4.78 is 2.10. The average molecular weight is 371 g/mol. The van der Waals surface area contributed by atoms with Gasteiger partial charge in [0.05, 0.1) is 16.4 Å². The van der Waals surface area contributed by atoms with Crippen molar-refractivity contribution in [2.24, 2.45) is 17.0 Å². The summed E-state index contributed by atoms with van der Waals surface area (Å²) in [6.07, 6.45) is 5.30. The Kier molecular flexibility index (Phi) is 5.02. The summed E-state index contributed by atoms with van der Waals surface area (Å²) in [4.78, 5) is 12.3. The van der Waals surface area contributed by atoms with Gasteiger partial charge in [0.15, 0.2) is 0 Å². The monoisotopic (exact) mass is 370 g/mol. The summed E-state index contributed by atoms with van der Waals surface area (Å²) in [7, 11) is 2.01. The van der Waals surface area contributed by atoms with Gasteiger partial charge < -0.3 is 4.57 Å². The van der Waals surface area contributed by atoms with Gasteiger partial charge in [0.1, 0.15) is 0 Å². The highest BCUT2D eigenvalue weighted by atomic mass is 35.5. The first-order valence-electron chi connectivity index (χ1n) is 7.62. The maximum Gasteiger partial charge on any atom is 0.222 e. The van der Waals surface area contributed by atoms with Crippen LogP contribution in [0.1, 0.15) is 12.5 Å². The summed E-state index contributed by atoms with van der Waals surface area (Å²) >= 11 is 12.2. The number of pyridine rings is 1. The van der Waals surface area contributed by atoms with Crippen LogP contribution in [0.5, 0.6) is 0 Å². The lowest BCUT2D eigenvalue weighted by molar-refractivity contribution is 0.974. The van der Waals surface area contributed by atoms with E-state index in [4.69, 9.17) is 23.2 Å². The predicted molar refractivity (Wildman–Crippen MR) is 108 cm³/mol. The number of hydrogen-bond donors (Lipinski definition) is 0. The fourth-order valence-corrected chi connectivity index (χ4v) is 3.20. The van der Waals surface area contributed by atoms with Gasteiger partial charge in [-0.15, -0.1) is 0 Å². The summed E-state index contributed by atoms with van der Waals surface area (Å²) in [5.41, 5.74) is 4.60. The SMILES string of the molecule is C=NC(Cl)=N/C(=C\C)c1c(-c2cncc(Cl)c2)n(C)c2ccccc12. The van der Waals surface area contributed by atoms with Crippen LogP contribution in [0.15, 0.2) is 58.8 Å². The highest BCUT2D eigenvalue weighted by molar-refractivity contribution is 6.65. The number of allylic oxidation sites excluding steroid dienone is 1. The largest absolute Gasteiger partial charge is 0.343 e. The highest BCUT2D eigenvalue weighted by Crippen LogP contribution is 2.38. The first kappa shape index (κ1) is 17.4. The van der Waals surface area contributed by atoms with Crippen LogP contribution in [0, 0.1) is 0 Å². The minimum Gasteiger partial charge on any atom is -0.343 e. The smallest absolute Gasteiger partial charge is 0.222 e. The minimum atomic E-state index is 0.0937. The number of para-hydroxylation sites is 1. The van der Waals surface area contributed by atoms with E-state index >= 15 is 0 Å². The molecule has 0 N–H and O–H groups in total. The molecule has 2 aromatic heterocycles. The average Bonchev–Trinajstić information content (AvgIpc) is 2.92. The van der Waals surface area contributed by atoms with Gasteiger partial charge in [0.25, 0.3) is 0 Å². The fraction of sp³-hybridized carbons (Fsp3) is 0.105. The van der Waals surface area contributed by atoms with Gasteiger partial charge in [-0.05, 0) is 37.4 Å². The number of aromatic nitrogens is 2. The maximum atomic E-state index is 6.16. The second-order valence-electron chi connectivity index (χ2n) is 5.40. The zero-order valence-corrected chi connectivity index (χ0v) is 15.4. The van der Waals surface area contributed by atoms with E-state index in [1.807, 2.05) is 38.2 Å². The lowest BCUT2D eigenvalue weighted by Gasteiger charge is -2.09. The molecular weight excluding hydrogens is 355 g/mol. The van der Waals surface area contributed by atoms with Gasteiger partial charge in [-0.2, -0.15) is 0 Å². The van der Waals surface area contributed by atoms with Crippen LogP contribution in [0.3, 0.4) is 0 Å². The molecule has 126 valence electrons. The molecule has 0 bridgehead atoms. The first-order valence-corrected chi connectivity index (χ1v) is 8.38. The van der Waals surface area contributed by atoms with Crippen molar-refractivity contribution in [1.82, 2.24) is 9.55 Å². The Hall–Kier alpha value is -2.43. The van der Waals surface area contributed by atoms with Crippen molar-refractivity contribution in [3.05, 3.63) is 59.4 Å². The molecule has 1 aromatic carbocycles. The Morgan fingerprint density at radius 1 is 1.28 bits per heavy atom. The van der Waals surface area contributed by atoms with Crippen molar-refractivity contribution in [1.29, 1.82) is 0 Å². The molecule has 2 heterocycles. The van der Waals surface area contributed by atoms with Crippen LogP contribution >= 0.6 is 23.2 Å². The molecule has 3 rings (SSSR count). The normalized spacial score (nSPS) is 12.6. The van der Waals surface area contributed by atoms with Crippen molar-refractivity contribution >= 4 is 51.8 Å². The second kappa shape index (κ2) is 7.21. The Balaban J connectivity index is 2.40. The zero-order chi connectivity index (χ0) is 18.0. The van der Waals surface area contributed by atoms with Crippen molar-refractivity contribution in [2.75, 3.05) is 0 Å². The molecule has 0 saturated carbocycles. The Morgan fingerprint density at radius 2 is 2.04 bits per heavy atom. The predicted octanol–water partition coefficient (Wildman–Crippen LogP) is 5.55. The number of nitrogens with zero attached hydrogens (tertiary/aromatic N) is 4. The standard InChI is InChI=1S/C19H16Cl2N4/c1-4-15(24-19(21)22-2)17-14-7-5-6-8-16(14)25(3)18(17)12-9-13(20)11-23-10-12/h4-11H,2H2,1,3H3/b15-4-,24-19?. The highest BCUT2D eigenvalue weighted by Gasteiger charge is 2.20. The van der Waals surface area contributed by atoms with Gasteiger partial charge in [-0.25, -0.2) is 9.98 Å². The van der Waals surface area contributed by atoms with E-state index in [0.29, 0.717) is 10.7 Å². The van der Waals surface area contributed by atoms with Crippen LogP contribution in [0.25, 0.3) is 27.9 Å². The van der Waals surface area contributed by atoms with Crippen molar-refractivity contribution in [3.8, 4) is 11.3 Å². The zero-order valence-electron chi connectivity index (χ0n) is 13.9. The van der Waals surface area contributed by atoms with Crippen LogP contribution in [-0.2, 0) is 7.05 Å². The molecule has 0 spiro atoms. The second-order valence-corrected chi connectivity index (χ2v) is 6.18. The molecule has 0 aliphatic heterocycles. The molecule has 0 aliphatic rings. The van der Waals surface area contributed by atoms with E-state index in [2.05, 4.69) is 38.4 Å². The number of hydrogen-bond acceptors (Lipinski definition) is 2. The third-order valence-corrected chi connectivity index (χ3v) is 4.37. The third kappa shape index (κ3) is 3.23. The molecule has 3 aromatic rings. The Bertz CT molecular complexity index is 1020. The number of amidine groups is 1. The number of halogens is 2. The lowest BCUT2D eigenvalue weighted by Crippen LogP contribution is -1.95. The van der Waals surface area contributed by atoms with E-state index in [-0.39, 0.29) is 5.29 Å². The van der Waals surface area contributed by atoms with Crippen LogP contribution in [-0.4, -0.2) is 21.6 Å². The molecule has 4 nitrogen and oxygen atoms in total. The third-order valence-electron chi connectivity index (χ3n) is 3.96. The molecule has 0 saturated heterocycles. The summed E-state index contributed by atoms with van der Waals surface area (Å²) in [5, 5.41) is 1.73. The molecule has 0 aliphatic carbocycles. The number of fused-ring (bicyclic) bond motifs is 1. The number of rotatable bonds is 3. The Morgan fingerprint density at radius 3 is 2.72 bits per heavy atom. The van der Waals surface area contributed by atoms with Crippen molar-refractivity contribution in [3.63, 3.8) is 0 Å². The van der Waals surface area contributed by atoms with E-state index in [1.54, 1.807) is 12.4 Å². The molecule has 0 radical (unpaired) electrons. The molecule has 0 atom stereocenters. The van der Waals surface area contributed by atoms with Crippen molar-refractivity contribution in [2.45, 2.75) is 6.92 Å². The molecular formula is C19H16Cl2N4. The lowest BCUT2D eigenvalue weighted by atomic mass is 10.0. The van der Waals surface area contributed by atoms with Gasteiger partial charge in [0.2, 0.25) is 5.29 Å². The number of benzene rings is 1. The fourth-order valence-electron chi connectivity index (χ4n) is 2.93. The van der Waals surface area contributed by atoms with Crippen LogP contribution < -0.4 is 0 Å². The maximum absolute atomic E-state index is 6.16. The molecule has 0 fully saturated rings. The molecule has 6 heteroatoms. The topological polar surface area (TPSA) is 42.5 Å². The van der Waals surface area contributed by atoms with E-state index in [0.717, 1.165) is 27.7 Å². The van der Waals surface area contributed by atoms with Crippen LogP contribution in [0.2, 0.25) is 5.02 Å². The van der Waals surface area contributed by atoms with Crippen LogP contribution in [0.4, 0.5) is 0 Å². The number of aryl methyl sites for hydroxylation is 1. The van der Waals surface area contributed by atoms with Crippen molar-refractivity contribution < 1.29 is 0 Å². The van der Waals surface area contributed by atoms with E-state index in [1.165, 1.54) is 0 Å². The van der Waals surface area contributed by atoms with Gasteiger partial charge >= 0.3 is 0 Å². The van der Waals surface area contributed by atoms with E-state index < -0.39 is 0 Å².